The average Bonchev–Trinajstić information content (AvgIpc) is 2.84. The van der Waals surface area contributed by atoms with Crippen LogP contribution in [0, 0.1) is 0 Å². The lowest BCUT2D eigenvalue weighted by molar-refractivity contribution is 0.460. The van der Waals surface area contributed by atoms with E-state index in [-0.39, 0.29) is 0 Å². The van der Waals surface area contributed by atoms with Crippen molar-refractivity contribution >= 4 is 27.4 Å². The third-order valence-electron chi connectivity index (χ3n) is 6.38. The molecule has 3 heterocycles. The van der Waals surface area contributed by atoms with Crippen molar-refractivity contribution in [2.24, 2.45) is 0 Å². The second kappa shape index (κ2) is 9.00. The summed E-state index contributed by atoms with van der Waals surface area (Å²) in [7, 11) is -3.23. The molecule has 5 rings (SSSR count). The molecular weight excluding hydrogens is 432 g/mol. The van der Waals surface area contributed by atoms with E-state index in [2.05, 4.69) is 40.2 Å². The van der Waals surface area contributed by atoms with Crippen LogP contribution < -0.4 is 16.0 Å². The van der Waals surface area contributed by atoms with Gasteiger partial charge in [-0.2, -0.15) is 0 Å². The Morgan fingerprint density at radius 3 is 2.42 bits per heavy atom. The molecule has 0 amide bonds. The first-order valence-electron chi connectivity index (χ1n) is 11.3. The van der Waals surface area contributed by atoms with Crippen LogP contribution in [-0.4, -0.2) is 32.7 Å². The molecule has 0 spiro atoms. The normalized spacial score (nSPS) is 16.2. The van der Waals surface area contributed by atoms with Crippen LogP contribution in [-0.2, 0) is 16.4 Å². The Kier molecular flexibility index (Phi) is 5.91. The summed E-state index contributed by atoms with van der Waals surface area (Å²) in [5, 5.41) is 10.2. The maximum Gasteiger partial charge on any atom is 0.175 e. The van der Waals surface area contributed by atoms with Gasteiger partial charge in [0.15, 0.2) is 9.84 Å². The molecular formula is C26H28N4O2S. The standard InChI is InChI=1S/C26H28N4O2S/c1-33(31,32)23-8-4-20(5-9-23)25-16-21-12-15-28-17-24(21)26(30-25)29-22-6-2-18(3-7-22)19-10-13-27-14-11-19/h2-9,12,15-16,19,27-28H,10-11,13-14,17H2,1H3,(H,29,30). The highest BCUT2D eigenvalue weighted by molar-refractivity contribution is 7.90. The molecule has 0 saturated carbocycles. The van der Waals surface area contributed by atoms with Gasteiger partial charge in [0.05, 0.1) is 10.6 Å². The third-order valence-corrected chi connectivity index (χ3v) is 7.51. The van der Waals surface area contributed by atoms with Gasteiger partial charge in [0.25, 0.3) is 0 Å². The van der Waals surface area contributed by atoms with E-state index in [1.165, 1.54) is 24.7 Å². The molecule has 33 heavy (non-hydrogen) atoms. The number of nitrogens with zero attached hydrogens (tertiary/aromatic N) is 1. The highest BCUT2D eigenvalue weighted by atomic mass is 32.2. The molecule has 2 aliphatic heterocycles. The largest absolute Gasteiger partial charge is 0.387 e. The van der Waals surface area contributed by atoms with Crippen molar-refractivity contribution in [3.05, 3.63) is 77.5 Å². The van der Waals surface area contributed by atoms with Gasteiger partial charge in [-0.1, -0.05) is 24.3 Å². The van der Waals surface area contributed by atoms with Gasteiger partial charge >= 0.3 is 0 Å². The fourth-order valence-electron chi connectivity index (χ4n) is 4.49. The fourth-order valence-corrected chi connectivity index (χ4v) is 5.12. The van der Waals surface area contributed by atoms with Crippen LogP contribution in [0.4, 0.5) is 11.5 Å². The van der Waals surface area contributed by atoms with Crippen LogP contribution in [0.15, 0.2) is 65.7 Å². The number of sulfone groups is 1. The molecule has 1 fully saturated rings. The monoisotopic (exact) mass is 460 g/mol. The highest BCUT2D eigenvalue weighted by Crippen LogP contribution is 2.32. The number of nitrogens with one attached hydrogen (secondary N) is 3. The predicted octanol–water partition coefficient (Wildman–Crippen LogP) is 4.44. The lowest BCUT2D eigenvalue weighted by atomic mass is 9.90. The molecule has 0 radical (unpaired) electrons. The minimum absolute atomic E-state index is 0.306. The number of benzene rings is 2. The lowest BCUT2D eigenvalue weighted by Crippen LogP contribution is -2.26. The van der Waals surface area contributed by atoms with Crippen molar-refractivity contribution in [3.63, 3.8) is 0 Å². The number of fused-ring (bicyclic) bond motifs is 1. The summed E-state index contributed by atoms with van der Waals surface area (Å²) in [4.78, 5) is 5.22. The van der Waals surface area contributed by atoms with E-state index in [1.807, 2.05) is 30.5 Å². The van der Waals surface area contributed by atoms with Gasteiger partial charge in [0.2, 0.25) is 0 Å². The summed E-state index contributed by atoms with van der Waals surface area (Å²) in [6.45, 7) is 2.86. The molecule has 2 aliphatic rings. The van der Waals surface area contributed by atoms with Gasteiger partial charge < -0.3 is 16.0 Å². The minimum Gasteiger partial charge on any atom is -0.387 e. The quantitative estimate of drug-likeness (QED) is 0.522. The molecule has 3 aromatic rings. The van der Waals surface area contributed by atoms with Crippen LogP contribution in [0.25, 0.3) is 17.3 Å². The first-order valence-corrected chi connectivity index (χ1v) is 13.2. The Balaban J connectivity index is 1.45. The summed E-state index contributed by atoms with van der Waals surface area (Å²) in [5.41, 5.74) is 6.27. The fraction of sp³-hybridized carbons (Fsp3) is 0.269. The molecule has 7 heteroatoms. The maximum atomic E-state index is 11.8. The van der Waals surface area contributed by atoms with Crippen LogP contribution in [0.1, 0.15) is 35.4 Å². The number of pyridine rings is 1. The van der Waals surface area contributed by atoms with E-state index in [0.717, 1.165) is 47.0 Å². The molecule has 0 atom stereocenters. The average molecular weight is 461 g/mol. The summed E-state index contributed by atoms with van der Waals surface area (Å²) in [5.74, 6) is 1.43. The maximum absolute atomic E-state index is 11.8. The number of piperidine rings is 1. The zero-order valence-electron chi connectivity index (χ0n) is 18.6. The summed E-state index contributed by atoms with van der Waals surface area (Å²) < 4.78 is 23.6. The van der Waals surface area contributed by atoms with Gasteiger partial charge in [0.1, 0.15) is 5.82 Å². The number of anilines is 2. The van der Waals surface area contributed by atoms with Crippen LogP contribution in [0.3, 0.4) is 0 Å². The molecule has 0 unspecified atom stereocenters. The molecule has 0 bridgehead atoms. The first-order chi connectivity index (χ1) is 16.0. The van der Waals surface area contributed by atoms with Crippen molar-refractivity contribution in [1.82, 2.24) is 15.6 Å². The SMILES string of the molecule is CS(=O)(=O)c1ccc(-c2cc3c(c(Nc4ccc(C5CCNCC5)cc4)n2)CNC=C3)cc1. The van der Waals surface area contributed by atoms with Crippen LogP contribution in [0.5, 0.6) is 0 Å². The number of hydrogen-bond acceptors (Lipinski definition) is 6. The molecule has 2 aromatic carbocycles. The highest BCUT2D eigenvalue weighted by Gasteiger charge is 2.17. The Bertz CT molecular complexity index is 1280. The second-order valence-corrected chi connectivity index (χ2v) is 10.7. The van der Waals surface area contributed by atoms with E-state index < -0.39 is 9.84 Å². The van der Waals surface area contributed by atoms with Gasteiger partial charge in [0, 0.05) is 29.6 Å². The number of aromatic nitrogens is 1. The van der Waals surface area contributed by atoms with Crippen molar-refractivity contribution in [1.29, 1.82) is 0 Å². The molecule has 170 valence electrons. The minimum atomic E-state index is -3.23. The van der Waals surface area contributed by atoms with Crippen LogP contribution >= 0.6 is 0 Å². The Labute approximate surface area is 195 Å². The van der Waals surface area contributed by atoms with Crippen molar-refractivity contribution in [3.8, 4) is 11.3 Å². The van der Waals surface area contributed by atoms with Gasteiger partial charge in [-0.15, -0.1) is 0 Å². The van der Waals surface area contributed by atoms with Gasteiger partial charge in [-0.3, -0.25) is 0 Å². The molecule has 0 aliphatic carbocycles. The van der Waals surface area contributed by atoms with E-state index in [0.29, 0.717) is 17.4 Å². The smallest absolute Gasteiger partial charge is 0.175 e. The van der Waals surface area contributed by atoms with Crippen molar-refractivity contribution in [2.75, 3.05) is 24.7 Å². The second-order valence-electron chi connectivity index (χ2n) is 8.71. The summed E-state index contributed by atoms with van der Waals surface area (Å²) in [6, 6.07) is 17.6. The van der Waals surface area contributed by atoms with Crippen LogP contribution in [0.2, 0.25) is 0 Å². The zero-order chi connectivity index (χ0) is 22.8. The zero-order valence-corrected chi connectivity index (χ0v) is 19.5. The molecule has 3 N–H and O–H groups in total. The lowest BCUT2D eigenvalue weighted by Gasteiger charge is -2.23. The van der Waals surface area contributed by atoms with Gasteiger partial charge in [-0.05, 0) is 85.6 Å². The van der Waals surface area contributed by atoms with E-state index in [9.17, 15) is 8.42 Å². The van der Waals surface area contributed by atoms with Crippen molar-refractivity contribution < 1.29 is 8.42 Å². The first kappa shape index (κ1) is 21.7. The molecule has 1 aromatic heterocycles. The Morgan fingerprint density at radius 2 is 1.73 bits per heavy atom. The summed E-state index contributed by atoms with van der Waals surface area (Å²) >= 11 is 0. The van der Waals surface area contributed by atoms with E-state index in [1.54, 1.807) is 12.1 Å². The van der Waals surface area contributed by atoms with Crippen molar-refractivity contribution in [2.45, 2.75) is 30.2 Å². The summed E-state index contributed by atoms with van der Waals surface area (Å²) in [6.07, 6.45) is 7.56. The number of rotatable bonds is 5. The third kappa shape index (κ3) is 4.79. The predicted molar refractivity (Wildman–Crippen MR) is 133 cm³/mol. The van der Waals surface area contributed by atoms with E-state index >= 15 is 0 Å². The number of hydrogen-bond donors (Lipinski definition) is 3. The molecule has 6 nitrogen and oxygen atoms in total. The van der Waals surface area contributed by atoms with E-state index in [4.69, 9.17) is 4.98 Å². The Morgan fingerprint density at radius 1 is 1.00 bits per heavy atom. The Hall–Kier alpha value is -3.16. The van der Waals surface area contributed by atoms with Gasteiger partial charge in [-0.25, -0.2) is 13.4 Å². The topological polar surface area (TPSA) is 83.1 Å². The molecule has 1 saturated heterocycles.